The van der Waals surface area contributed by atoms with E-state index < -0.39 is 0 Å². The first-order valence-electron chi connectivity index (χ1n) is 14.1. The Morgan fingerprint density at radius 3 is 2.56 bits per heavy atom. The van der Waals surface area contributed by atoms with Crippen LogP contribution in [0.1, 0.15) is 27.3 Å². The van der Waals surface area contributed by atoms with Gasteiger partial charge >= 0.3 is 0 Å². The first-order valence-corrected chi connectivity index (χ1v) is 14.1. The topological polar surface area (TPSA) is 64.8 Å². The number of carbonyl (C=O) groups excluding carboxylic acids is 1. The number of piperazine rings is 1. The van der Waals surface area contributed by atoms with Gasteiger partial charge in [0.15, 0.2) is 11.5 Å². The molecule has 0 radical (unpaired) electrons. The Bertz CT molecular complexity index is 1740. The minimum absolute atomic E-state index is 0.103. The lowest BCUT2D eigenvalue weighted by molar-refractivity contribution is 0.0664. The van der Waals surface area contributed by atoms with E-state index in [0.717, 1.165) is 82.1 Å². The van der Waals surface area contributed by atoms with Crippen LogP contribution in [0, 0.1) is 6.92 Å². The maximum atomic E-state index is 14.1. The molecule has 1 saturated heterocycles. The molecule has 7 rings (SSSR count). The highest BCUT2D eigenvalue weighted by molar-refractivity contribution is 6.07. The van der Waals surface area contributed by atoms with E-state index in [1.54, 1.807) is 0 Å². The highest BCUT2D eigenvalue weighted by Crippen LogP contribution is 2.35. The van der Waals surface area contributed by atoms with E-state index in [9.17, 15) is 4.79 Å². The van der Waals surface area contributed by atoms with Crippen LogP contribution in [-0.2, 0) is 13.1 Å². The molecule has 8 nitrogen and oxygen atoms in total. The van der Waals surface area contributed by atoms with Gasteiger partial charge in [0, 0.05) is 56.4 Å². The molecule has 208 valence electrons. The quantitative estimate of drug-likeness (QED) is 0.299. The maximum Gasteiger partial charge on any atom is 0.256 e. The van der Waals surface area contributed by atoms with Gasteiger partial charge in [-0.2, -0.15) is 0 Å². The van der Waals surface area contributed by atoms with Crippen LogP contribution in [0.5, 0.6) is 11.5 Å². The normalized spacial score (nSPS) is 15.1. The standard InChI is InChI=1S/C33H33N5O3/c1-23-32(33(39)36-14-12-35(2)13-15-36)29(28-9-5-7-25-6-3-4-8-27(25)28)20-37(23)19-26-17-34-21-38(26)18-24-10-11-30-31(16-24)41-22-40-30/h3-11,16-17,20-21H,12-15,18-19,22H2,1-2H3. The number of carbonyl (C=O) groups is 1. The Morgan fingerprint density at radius 2 is 1.68 bits per heavy atom. The van der Waals surface area contributed by atoms with Crippen molar-refractivity contribution in [1.82, 2.24) is 23.9 Å². The van der Waals surface area contributed by atoms with Crippen molar-refractivity contribution in [2.75, 3.05) is 40.0 Å². The van der Waals surface area contributed by atoms with E-state index in [1.807, 2.05) is 29.6 Å². The molecule has 0 spiro atoms. The number of nitrogens with zero attached hydrogens (tertiary/aromatic N) is 5. The molecule has 1 amide bonds. The fourth-order valence-corrected chi connectivity index (χ4v) is 5.95. The van der Waals surface area contributed by atoms with Gasteiger partial charge in [-0.05, 0) is 48.0 Å². The molecule has 2 aromatic heterocycles. The number of ether oxygens (including phenoxy) is 2. The predicted molar refractivity (Wildman–Crippen MR) is 159 cm³/mol. The van der Waals surface area contributed by atoms with Crippen molar-refractivity contribution < 1.29 is 14.3 Å². The Morgan fingerprint density at radius 1 is 0.878 bits per heavy atom. The summed E-state index contributed by atoms with van der Waals surface area (Å²) in [5.74, 6) is 1.66. The first kappa shape index (κ1) is 25.4. The van der Waals surface area contributed by atoms with E-state index in [4.69, 9.17) is 9.47 Å². The van der Waals surface area contributed by atoms with Gasteiger partial charge in [-0.25, -0.2) is 4.98 Å². The van der Waals surface area contributed by atoms with Gasteiger partial charge in [-0.15, -0.1) is 0 Å². The molecule has 2 aliphatic rings. The highest BCUT2D eigenvalue weighted by atomic mass is 16.7. The van der Waals surface area contributed by atoms with Crippen LogP contribution >= 0.6 is 0 Å². The lowest BCUT2D eigenvalue weighted by Gasteiger charge is -2.32. The van der Waals surface area contributed by atoms with Gasteiger partial charge in [-0.1, -0.05) is 48.5 Å². The monoisotopic (exact) mass is 547 g/mol. The van der Waals surface area contributed by atoms with Crippen LogP contribution in [0.4, 0.5) is 0 Å². The molecule has 1 fully saturated rings. The van der Waals surface area contributed by atoms with Crippen LogP contribution in [0.25, 0.3) is 21.9 Å². The molecule has 2 aliphatic heterocycles. The molecule has 41 heavy (non-hydrogen) atoms. The summed E-state index contributed by atoms with van der Waals surface area (Å²) in [7, 11) is 2.11. The minimum atomic E-state index is 0.103. The van der Waals surface area contributed by atoms with E-state index in [0.29, 0.717) is 13.1 Å². The fourth-order valence-electron chi connectivity index (χ4n) is 5.95. The number of imidazole rings is 1. The average molecular weight is 548 g/mol. The molecule has 0 atom stereocenters. The molecule has 4 heterocycles. The summed E-state index contributed by atoms with van der Waals surface area (Å²) in [6.07, 6.45) is 5.92. The molecule has 8 heteroatoms. The Labute approximate surface area is 239 Å². The largest absolute Gasteiger partial charge is 0.454 e. The summed E-state index contributed by atoms with van der Waals surface area (Å²) in [5, 5.41) is 2.31. The lowest BCUT2D eigenvalue weighted by atomic mass is 9.96. The summed E-state index contributed by atoms with van der Waals surface area (Å²) < 4.78 is 15.4. The van der Waals surface area contributed by atoms with Crippen LogP contribution in [-0.4, -0.2) is 69.8 Å². The zero-order valence-corrected chi connectivity index (χ0v) is 23.4. The summed E-state index contributed by atoms with van der Waals surface area (Å²) in [6, 6.07) is 20.8. The molecular weight excluding hydrogens is 514 g/mol. The molecule has 0 aliphatic carbocycles. The minimum Gasteiger partial charge on any atom is -0.454 e. The first-order chi connectivity index (χ1) is 20.0. The Balaban J connectivity index is 1.26. The van der Waals surface area contributed by atoms with Crippen molar-refractivity contribution in [3.05, 3.63) is 102 Å². The zero-order chi connectivity index (χ0) is 27.9. The maximum absolute atomic E-state index is 14.1. The smallest absolute Gasteiger partial charge is 0.256 e. The van der Waals surface area contributed by atoms with E-state index in [2.05, 4.69) is 87.7 Å². The molecule has 0 bridgehead atoms. The lowest BCUT2D eigenvalue weighted by Crippen LogP contribution is -2.47. The van der Waals surface area contributed by atoms with Crippen LogP contribution < -0.4 is 9.47 Å². The summed E-state index contributed by atoms with van der Waals surface area (Å²) >= 11 is 0. The molecule has 0 unspecified atom stereocenters. The summed E-state index contributed by atoms with van der Waals surface area (Å²) in [6.45, 7) is 6.82. The SMILES string of the molecule is Cc1c(C(=O)N2CCN(C)CC2)c(-c2cccc3ccccc23)cn1Cc1cncn1Cc1ccc2c(c1)OCO2. The number of hydrogen-bond donors (Lipinski definition) is 0. The van der Waals surface area contributed by atoms with Crippen molar-refractivity contribution in [3.8, 4) is 22.6 Å². The van der Waals surface area contributed by atoms with E-state index >= 15 is 0 Å². The number of aromatic nitrogens is 3. The third kappa shape index (κ3) is 4.74. The number of benzene rings is 3. The molecule has 0 saturated carbocycles. The third-order valence-corrected chi connectivity index (χ3v) is 8.35. The van der Waals surface area contributed by atoms with Gasteiger partial charge in [0.1, 0.15) is 0 Å². The van der Waals surface area contributed by atoms with Gasteiger partial charge < -0.3 is 28.4 Å². The van der Waals surface area contributed by atoms with E-state index in [1.165, 1.54) is 0 Å². The Kier molecular flexibility index (Phi) is 6.47. The van der Waals surface area contributed by atoms with Crippen molar-refractivity contribution >= 4 is 16.7 Å². The summed E-state index contributed by atoms with van der Waals surface area (Å²) in [4.78, 5) is 22.9. The predicted octanol–water partition coefficient (Wildman–Crippen LogP) is 5.03. The highest BCUT2D eigenvalue weighted by Gasteiger charge is 2.28. The average Bonchev–Trinajstić information content (AvgIpc) is 3.72. The third-order valence-electron chi connectivity index (χ3n) is 8.35. The zero-order valence-electron chi connectivity index (χ0n) is 23.4. The van der Waals surface area contributed by atoms with Crippen molar-refractivity contribution in [1.29, 1.82) is 0 Å². The molecule has 3 aromatic carbocycles. The van der Waals surface area contributed by atoms with Crippen LogP contribution in [0.15, 0.2) is 79.4 Å². The van der Waals surface area contributed by atoms with Crippen molar-refractivity contribution in [3.63, 3.8) is 0 Å². The number of likely N-dealkylation sites (N-methyl/N-ethyl adjacent to an activating group) is 1. The second-order valence-electron chi connectivity index (χ2n) is 11.0. The van der Waals surface area contributed by atoms with Crippen molar-refractivity contribution in [2.24, 2.45) is 0 Å². The second-order valence-corrected chi connectivity index (χ2v) is 11.0. The Hall–Kier alpha value is -4.56. The number of fused-ring (bicyclic) bond motifs is 2. The van der Waals surface area contributed by atoms with Gasteiger partial charge in [0.25, 0.3) is 5.91 Å². The number of hydrogen-bond acceptors (Lipinski definition) is 5. The summed E-state index contributed by atoms with van der Waals surface area (Å²) in [5.41, 5.74) is 5.98. The van der Waals surface area contributed by atoms with Crippen molar-refractivity contribution in [2.45, 2.75) is 20.0 Å². The van der Waals surface area contributed by atoms with Crippen LogP contribution in [0.3, 0.4) is 0 Å². The number of rotatable bonds is 6. The van der Waals surface area contributed by atoms with E-state index in [-0.39, 0.29) is 12.7 Å². The van der Waals surface area contributed by atoms with Gasteiger partial charge in [0.2, 0.25) is 6.79 Å². The molecule has 5 aromatic rings. The number of amides is 1. The molecule has 0 N–H and O–H groups in total. The van der Waals surface area contributed by atoms with Crippen LogP contribution in [0.2, 0.25) is 0 Å². The van der Waals surface area contributed by atoms with Gasteiger partial charge in [-0.3, -0.25) is 4.79 Å². The van der Waals surface area contributed by atoms with Gasteiger partial charge in [0.05, 0.1) is 24.1 Å². The fraction of sp³-hybridized carbons (Fsp3) is 0.273. The second kappa shape index (κ2) is 10.4. The molecular formula is C33H33N5O3.